The van der Waals surface area contributed by atoms with Gasteiger partial charge in [0.1, 0.15) is 0 Å². The Morgan fingerprint density at radius 3 is 2.25 bits per heavy atom. The number of hydrogen-bond donors (Lipinski definition) is 1. The van der Waals surface area contributed by atoms with Crippen molar-refractivity contribution in [2.24, 2.45) is 0 Å². The van der Waals surface area contributed by atoms with Crippen molar-refractivity contribution in [2.45, 2.75) is 13.3 Å². The van der Waals surface area contributed by atoms with Gasteiger partial charge in [0, 0.05) is 29.6 Å². The van der Waals surface area contributed by atoms with Crippen molar-refractivity contribution in [2.75, 3.05) is 11.9 Å². The van der Waals surface area contributed by atoms with Crippen molar-refractivity contribution >= 4 is 34.7 Å². The maximum Gasteiger partial charge on any atom is 0.261 e. The number of nitrogens with one attached hydrogen (secondary N) is 1. The zero-order valence-corrected chi connectivity index (χ0v) is 16.0. The first-order chi connectivity index (χ1) is 13.5. The number of carbonyl (C=O) groups is 3. The third-order valence-electron chi connectivity index (χ3n) is 4.52. The number of hydrogen-bond acceptors (Lipinski definition) is 5. The molecule has 0 unspecified atom stereocenters. The van der Waals surface area contributed by atoms with Crippen LogP contribution in [0.15, 0.2) is 53.9 Å². The summed E-state index contributed by atoms with van der Waals surface area (Å²) in [6, 6.07) is 14.1. The average Bonchev–Trinajstić information content (AvgIpc) is 3.23. The molecule has 140 valence electrons. The lowest BCUT2D eigenvalue weighted by atomic mass is 10.1. The Labute approximate surface area is 165 Å². The number of benzene rings is 2. The monoisotopic (exact) mass is 391 g/mol. The maximum absolute atomic E-state index is 12.3. The van der Waals surface area contributed by atoms with Crippen molar-refractivity contribution in [3.05, 3.63) is 70.0 Å². The highest BCUT2D eigenvalue weighted by atomic mass is 32.1. The van der Waals surface area contributed by atoms with E-state index in [1.54, 1.807) is 35.6 Å². The molecule has 0 radical (unpaired) electrons. The van der Waals surface area contributed by atoms with Gasteiger partial charge < -0.3 is 5.32 Å². The molecule has 0 aliphatic carbocycles. The van der Waals surface area contributed by atoms with E-state index in [4.69, 9.17) is 0 Å². The predicted octanol–water partition coefficient (Wildman–Crippen LogP) is 3.74. The predicted molar refractivity (Wildman–Crippen MR) is 107 cm³/mol. The number of thiazole rings is 1. The van der Waals surface area contributed by atoms with E-state index in [2.05, 4.69) is 10.3 Å². The van der Waals surface area contributed by atoms with Gasteiger partial charge >= 0.3 is 0 Å². The zero-order valence-electron chi connectivity index (χ0n) is 15.1. The van der Waals surface area contributed by atoms with Gasteiger partial charge in [-0.05, 0) is 31.2 Å². The van der Waals surface area contributed by atoms with Gasteiger partial charge in [-0.2, -0.15) is 0 Å². The number of aromatic nitrogens is 1. The van der Waals surface area contributed by atoms with Crippen LogP contribution in [0.2, 0.25) is 0 Å². The summed E-state index contributed by atoms with van der Waals surface area (Å²) < 4.78 is 0. The number of fused-ring (bicyclic) bond motifs is 1. The van der Waals surface area contributed by atoms with E-state index < -0.39 is 0 Å². The van der Waals surface area contributed by atoms with Crippen molar-refractivity contribution in [1.29, 1.82) is 0 Å². The molecule has 0 saturated carbocycles. The van der Waals surface area contributed by atoms with Gasteiger partial charge in [-0.1, -0.05) is 24.3 Å². The minimum atomic E-state index is -0.351. The highest BCUT2D eigenvalue weighted by Crippen LogP contribution is 2.24. The second-order valence-electron chi connectivity index (χ2n) is 6.43. The SMILES string of the molecule is Cc1nc(-c2ccc(NC(=O)CCN3C(=O)c4ccccc4C3=O)cc2)cs1. The van der Waals surface area contributed by atoms with E-state index in [0.29, 0.717) is 16.8 Å². The van der Waals surface area contributed by atoms with Crippen molar-refractivity contribution < 1.29 is 14.4 Å². The van der Waals surface area contributed by atoms with Crippen LogP contribution >= 0.6 is 11.3 Å². The third kappa shape index (κ3) is 3.44. The first-order valence-electron chi connectivity index (χ1n) is 8.80. The Hall–Kier alpha value is -3.32. The van der Waals surface area contributed by atoms with Gasteiger partial charge in [0.15, 0.2) is 0 Å². The first kappa shape index (κ1) is 18.1. The molecule has 0 spiro atoms. The van der Waals surface area contributed by atoms with Crippen molar-refractivity contribution in [3.63, 3.8) is 0 Å². The summed E-state index contributed by atoms with van der Waals surface area (Å²) in [5.41, 5.74) is 3.32. The largest absolute Gasteiger partial charge is 0.326 e. The van der Waals surface area contributed by atoms with Crippen LogP contribution in [0.4, 0.5) is 5.69 Å². The fraction of sp³-hybridized carbons (Fsp3) is 0.143. The smallest absolute Gasteiger partial charge is 0.261 e. The van der Waals surface area contributed by atoms with E-state index in [9.17, 15) is 14.4 Å². The molecule has 0 atom stereocenters. The van der Waals surface area contributed by atoms with Gasteiger partial charge in [0.25, 0.3) is 11.8 Å². The number of amides is 3. The summed E-state index contributed by atoms with van der Waals surface area (Å²) in [4.78, 5) is 42.4. The fourth-order valence-electron chi connectivity index (χ4n) is 3.10. The van der Waals surface area contributed by atoms with Crippen LogP contribution in [0.3, 0.4) is 0 Å². The number of aryl methyl sites for hydroxylation is 1. The molecule has 3 aromatic rings. The normalized spacial score (nSPS) is 13.0. The van der Waals surface area contributed by atoms with Crippen LogP contribution < -0.4 is 5.32 Å². The number of carbonyl (C=O) groups excluding carboxylic acids is 3. The van der Waals surface area contributed by atoms with Gasteiger partial charge in [-0.15, -0.1) is 11.3 Å². The number of rotatable bonds is 5. The second kappa shape index (κ2) is 7.36. The fourth-order valence-corrected chi connectivity index (χ4v) is 3.72. The maximum atomic E-state index is 12.3. The lowest BCUT2D eigenvalue weighted by Gasteiger charge is -2.13. The first-order valence-corrected chi connectivity index (χ1v) is 9.68. The molecule has 3 amide bonds. The standard InChI is InChI=1S/C21H17N3O3S/c1-13-22-18(12-28-13)14-6-8-15(9-7-14)23-19(25)10-11-24-20(26)16-4-2-3-5-17(16)21(24)27/h2-9,12H,10-11H2,1H3,(H,23,25). The third-order valence-corrected chi connectivity index (χ3v) is 5.30. The molecule has 1 N–H and O–H groups in total. The molecule has 2 heterocycles. The summed E-state index contributed by atoms with van der Waals surface area (Å²) in [5, 5.41) is 5.79. The highest BCUT2D eigenvalue weighted by Gasteiger charge is 2.34. The minimum absolute atomic E-state index is 0.0402. The molecule has 4 rings (SSSR count). The van der Waals surface area contributed by atoms with E-state index in [1.165, 1.54) is 0 Å². The molecule has 6 nitrogen and oxygen atoms in total. The lowest BCUT2D eigenvalue weighted by molar-refractivity contribution is -0.116. The molecule has 1 aromatic heterocycles. The minimum Gasteiger partial charge on any atom is -0.326 e. The molecule has 2 aromatic carbocycles. The zero-order chi connectivity index (χ0) is 19.7. The van der Waals surface area contributed by atoms with Crippen LogP contribution in [-0.2, 0) is 4.79 Å². The van der Waals surface area contributed by atoms with Gasteiger partial charge in [0.2, 0.25) is 5.91 Å². The van der Waals surface area contributed by atoms with Crippen LogP contribution in [0.5, 0.6) is 0 Å². The van der Waals surface area contributed by atoms with E-state index in [0.717, 1.165) is 21.2 Å². The van der Waals surface area contributed by atoms with Gasteiger partial charge in [0.05, 0.1) is 21.8 Å². The molecular formula is C21H17N3O3S. The Balaban J connectivity index is 1.35. The molecular weight excluding hydrogens is 374 g/mol. The van der Waals surface area contributed by atoms with Crippen LogP contribution in [-0.4, -0.2) is 34.2 Å². The summed E-state index contributed by atoms with van der Waals surface area (Å²) in [7, 11) is 0. The van der Waals surface area contributed by atoms with Gasteiger partial charge in [-0.3, -0.25) is 19.3 Å². The molecule has 1 aliphatic heterocycles. The number of imide groups is 1. The Kier molecular flexibility index (Phi) is 4.75. The lowest BCUT2D eigenvalue weighted by Crippen LogP contribution is -2.32. The molecule has 0 saturated heterocycles. The summed E-state index contributed by atoms with van der Waals surface area (Å²) in [5.74, 6) is -0.957. The Morgan fingerprint density at radius 1 is 1.04 bits per heavy atom. The van der Waals surface area contributed by atoms with Crippen LogP contribution in [0.1, 0.15) is 32.1 Å². The molecule has 1 aliphatic rings. The van der Waals surface area contributed by atoms with Gasteiger partial charge in [-0.25, -0.2) is 4.98 Å². The topological polar surface area (TPSA) is 79.4 Å². The summed E-state index contributed by atoms with van der Waals surface area (Å²) >= 11 is 1.59. The molecule has 0 bridgehead atoms. The molecule has 7 heteroatoms. The van der Waals surface area contributed by atoms with Crippen molar-refractivity contribution in [3.8, 4) is 11.3 Å². The summed E-state index contributed by atoms with van der Waals surface area (Å²) in [6.45, 7) is 2.01. The average molecular weight is 391 g/mol. The summed E-state index contributed by atoms with van der Waals surface area (Å²) in [6.07, 6.45) is 0.0402. The van der Waals surface area contributed by atoms with Crippen LogP contribution in [0.25, 0.3) is 11.3 Å². The molecule has 0 fully saturated rings. The highest BCUT2D eigenvalue weighted by molar-refractivity contribution is 7.09. The Bertz CT molecular complexity index is 1040. The van der Waals surface area contributed by atoms with E-state index in [-0.39, 0.29) is 30.7 Å². The quantitative estimate of drug-likeness (QED) is 0.672. The van der Waals surface area contributed by atoms with E-state index in [1.807, 2.05) is 36.6 Å². The van der Waals surface area contributed by atoms with Crippen LogP contribution in [0, 0.1) is 6.92 Å². The molecule has 28 heavy (non-hydrogen) atoms. The number of anilines is 1. The van der Waals surface area contributed by atoms with E-state index >= 15 is 0 Å². The van der Waals surface area contributed by atoms with Crippen molar-refractivity contribution in [1.82, 2.24) is 9.88 Å². The second-order valence-corrected chi connectivity index (χ2v) is 7.50. The number of nitrogens with zero attached hydrogens (tertiary/aromatic N) is 2. The Morgan fingerprint density at radius 2 is 1.68 bits per heavy atom.